The van der Waals surface area contributed by atoms with E-state index in [0.717, 1.165) is 25.0 Å². The second-order valence-corrected chi connectivity index (χ2v) is 5.49. The summed E-state index contributed by atoms with van der Waals surface area (Å²) in [5, 5.41) is -0.123. The zero-order valence-electron chi connectivity index (χ0n) is 10.2. The molecule has 0 bridgehead atoms. The summed E-state index contributed by atoms with van der Waals surface area (Å²) in [6.07, 6.45) is -2.52. The summed E-state index contributed by atoms with van der Waals surface area (Å²) in [7, 11) is 0. The molecule has 6 heteroatoms. The highest BCUT2D eigenvalue weighted by molar-refractivity contribution is 6.29. The molecule has 1 aromatic heterocycles. The van der Waals surface area contributed by atoms with Crippen molar-refractivity contribution in [2.75, 3.05) is 11.4 Å². The number of alkyl halides is 3. The number of hydrogen-bond acceptors (Lipinski definition) is 2. The van der Waals surface area contributed by atoms with Gasteiger partial charge in [0.1, 0.15) is 11.0 Å². The van der Waals surface area contributed by atoms with Crippen molar-refractivity contribution in [3.8, 4) is 0 Å². The summed E-state index contributed by atoms with van der Waals surface area (Å²) < 4.78 is 38.2. The minimum Gasteiger partial charge on any atom is -0.351 e. The van der Waals surface area contributed by atoms with Crippen molar-refractivity contribution in [2.45, 2.75) is 38.4 Å². The molecule has 0 amide bonds. The fourth-order valence-corrected chi connectivity index (χ4v) is 2.52. The molecule has 1 aliphatic rings. The second kappa shape index (κ2) is 4.30. The molecule has 0 unspecified atom stereocenters. The van der Waals surface area contributed by atoms with E-state index in [-0.39, 0.29) is 10.7 Å². The zero-order chi connectivity index (χ0) is 13.6. The van der Waals surface area contributed by atoms with E-state index in [2.05, 4.69) is 4.98 Å². The third-order valence-electron chi connectivity index (χ3n) is 3.29. The topological polar surface area (TPSA) is 16.1 Å². The van der Waals surface area contributed by atoms with Gasteiger partial charge in [0.25, 0.3) is 0 Å². The maximum Gasteiger partial charge on any atom is 0.416 e. The molecule has 0 spiro atoms. The van der Waals surface area contributed by atoms with Crippen LogP contribution in [-0.2, 0) is 6.18 Å². The molecule has 2 rings (SSSR count). The average molecular weight is 279 g/mol. The Bertz CT molecular complexity index is 457. The molecule has 100 valence electrons. The van der Waals surface area contributed by atoms with Gasteiger partial charge in [-0.3, -0.25) is 0 Å². The number of hydrogen-bond donors (Lipinski definition) is 0. The largest absolute Gasteiger partial charge is 0.416 e. The first-order valence-corrected chi connectivity index (χ1v) is 6.10. The molecule has 1 saturated heterocycles. The molecule has 0 N–H and O–H groups in total. The first-order valence-electron chi connectivity index (χ1n) is 5.72. The summed E-state index contributed by atoms with van der Waals surface area (Å²) in [4.78, 5) is 5.90. The van der Waals surface area contributed by atoms with Crippen LogP contribution >= 0.6 is 11.6 Å². The monoisotopic (exact) mass is 278 g/mol. The Morgan fingerprint density at radius 1 is 1.33 bits per heavy atom. The first kappa shape index (κ1) is 13.5. The molecule has 0 radical (unpaired) electrons. The first-order chi connectivity index (χ1) is 8.20. The Morgan fingerprint density at radius 2 is 2.00 bits per heavy atom. The summed E-state index contributed by atoms with van der Waals surface area (Å²) in [6, 6.07) is 1.92. The number of pyridine rings is 1. The Balaban J connectivity index is 2.43. The van der Waals surface area contributed by atoms with E-state index in [1.807, 2.05) is 18.7 Å². The maximum absolute atomic E-state index is 12.7. The van der Waals surface area contributed by atoms with Crippen LogP contribution in [0.5, 0.6) is 0 Å². The molecular formula is C12H14ClF3N2. The van der Waals surface area contributed by atoms with Gasteiger partial charge < -0.3 is 4.90 Å². The number of rotatable bonds is 1. The average Bonchev–Trinajstić information content (AvgIpc) is 2.55. The summed E-state index contributed by atoms with van der Waals surface area (Å²) in [5.74, 6) is 0.303. The Kier molecular flexibility index (Phi) is 3.21. The minimum absolute atomic E-state index is 0.123. The smallest absolute Gasteiger partial charge is 0.351 e. The van der Waals surface area contributed by atoms with Gasteiger partial charge in [-0.25, -0.2) is 4.98 Å². The van der Waals surface area contributed by atoms with Crippen molar-refractivity contribution in [1.82, 2.24) is 4.98 Å². The molecule has 2 heterocycles. The lowest BCUT2D eigenvalue weighted by Gasteiger charge is -2.33. The molecule has 0 aromatic carbocycles. The summed E-state index contributed by atoms with van der Waals surface area (Å²) in [5.41, 5.74) is -0.930. The van der Waals surface area contributed by atoms with Crippen LogP contribution in [0.15, 0.2) is 12.1 Å². The molecule has 1 fully saturated rings. The van der Waals surface area contributed by atoms with E-state index in [4.69, 9.17) is 11.6 Å². The van der Waals surface area contributed by atoms with Crippen LogP contribution in [0.2, 0.25) is 5.15 Å². The van der Waals surface area contributed by atoms with Crippen LogP contribution in [0.4, 0.5) is 19.0 Å². The fraction of sp³-hybridized carbons (Fsp3) is 0.583. The van der Waals surface area contributed by atoms with Gasteiger partial charge in [-0.1, -0.05) is 11.6 Å². The van der Waals surface area contributed by atoms with E-state index >= 15 is 0 Å². The van der Waals surface area contributed by atoms with Crippen molar-refractivity contribution >= 4 is 17.4 Å². The number of aromatic nitrogens is 1. The molecule has 2 nitrogen and oxygen atoms in total. The molecule has 0 aliphatic carbocycles. The van der Waals surface area contributed by atoms with E-state index in [0.29, 0.717) is 12.4 Å². The molecule has 1 aromatic rings. The predicted molar refractivity (Wildman–Crippen MR) is 64.9 cm³/mol. The van der Waals surface area contributed by atoms with Crippen LogP contribution in [-0.4, -0.2) is 17.1 Å². The van der Waals surface area contributed by atoms with Gasteiger partial charge in [0.05, 0.1) is 5.56 Å². The Morgan fingerprint density at radius 3 is 2.50 bits per heavy atom. The van der Waals surface area contributed by atoms with Crippen LogP contribution < -0.4 is 4.90 Å². The molecule has 1 aliphatic heterocycles. The fourth-order valence-electron chi connectivity index (χ4n) is 2.32. The molecule has 0 atom stereocenters. The van der Waals surface area contributed by atoms with Crippen molar-refractivity contribution in [1.29, 1.82) is 0 Å². The number of halogens is 4. The van der Waals surface area contributed by atoms with E-state index in [1.54, 1.807) is 0 Å². The van der Waals surface area contributed by atoms with Crippen LogP contribution in [0.3, 0.4) is 0 Å². The van der Waals surface area contributed by atoms with Crippen LogP contribution in [0.1, 0.15) is 32.3 Å². The van der Waals surface area contributed by atoms with Gasteiger partial charge in [0.2, 0.25) is 0 Å². The summed E-state index contributed by atoms with van der Waals surface area (Å²) in [6.45, 7) is 4.70. The lowest BCUT2D eigenvalue weighted by Crippen LogP contribution is -2.38. The molecule has 18 heavy (non-hydrogen) atoms. The SMILES string of the molecule is CC1(C)CCCN1c1cc(C(F)(F)F)cc(Cl)n1. The Labute approximate surface area is 109 Å². The highest BCUT2D eigenvalue weighted by atomic mass is 35.5. The van der Waals surface area contributed by atoms with Gasteiger partial charge in [-0.2, -0.15) is 13.2 Å². The van der Waals surface area contributed by atoms with Gasteiger partial charge in [0, 0.05) is 12.1 Å². The van der Waals surface area contributed by atoms with Gasteiger partial charge >= 0.3 is 6.18 Å². The van der Waals surface area contributed by atoms with Crippen molar-refractivity contribution < 1.29 is 13.2 Å². The standard InChI is InChI=1S/C12H14ClF3N2/c1-11(2)4-3-5-18(11)10-7-8(12(14,15)16)6-9(13)17-10/h6-7H,3-5H2,1-2H3. The lowest BCUT2D eigenvalue weighted by atomic mass is 10.0. The third kappa shape index (κ3) is 2.55. The van der Waals surface area contributed by atoms with Crippen molar-refractivity contribution in [3.05, 3.63) is 22.8 Å². The van der Waals surface area contributed by atoms with E-state index in [1.165, 1.54) is 0 Å². The lowest BCUT2D eigenvalue weighted by molar-refractivity contribution is -0.137. The third-order valence-corrected chi connectivity index (χ3v) is 3.48. The summed E-state index contributed by atoms with van der Waals surface area (Å²) >= 11 is 5.69. The van der Waals surface area contributed by atoms with Crippen LogP contribution in [0, 0.1) is 0 Å². The van der Waals surface area contributed by atoms with E-state index in [9.17, 15) is 13.2 Å². The van der Waals surface area contributed by atoms with Crippen LogP contribution in [0.25, 0.3) is 0 Å². The van der Waals surface area contributed by atoms with E-state index < -0.39 is 11.7 Å². The predicted octanol–water partition coefficient (Wildman–Crippen LogP) is 4.13. The second-order valence-electron chi connectivity index (χ2n) is 5.10. The quantitative estimate of drug-likeness (QED) is 0.718. The number of anilines is 1. The molecule has 0 saturated carbocycles. The van der Waals surface area contributed by atoms with Gasteiger partial charge in [-0.05, 0) is 38.8 Å². The molecular weight excluding hydrogens is 265 g/mol. The highest BCUT2D eigenvalue weighted by Crippen LogP contribution is 2.37. The van der Waals surface area contributed by atoms with Gasteiger partial charge in [0.15, 0.2) is 0 Å². The highest BCUT2D eigenvalue weighted by Gasteiger charge is 2.36. The van der Waals surface area contributed by atoms with Crippen molar-refractivity contribution in [2.24, 2.45) is 0 Å². The Hall–Kier alpha value is -0.970. The maximum atomic E-state index is 12.7. The zero-order valence-corrected chi connectivity index (χ0v) is 10.9. The minimum atomic E-state index is -4.40. The van der Waals surface area contributed by atoms with Gasteiger partial charge in [-0.15, -0.1) is 0 Å². The number of nitrogens with zero attached hydrogens (tertiary/aromatic N) is 2. The van der Waals surface area contributed by atoms with Crippen molar-refractivity contribution in [3.63, 3.8) is 0 Å². The normalized spacial score (nSPS) is 19.3.